The summed E-state index contributed by atoms with van der Waals surface area (Å²) >= 11 is 0. The molecule has 1 aliphatic heterocycles. The summed E-state index contributed by atoms with van der Waals surface area (Å²) in [6, 6.07) is 7.88. The summed E-state index contributed by atoms with van der Waals surface area (Å²) in [7, 11) is 1.66. The van der Waals surface area contributed by atoms with Crippen LogP contribution in [0.3, 0.4) is 0 Å². The van der Waals surface area contributed by atoms with Crippen molar-refractivity contribution >= 4 is 0 Å². The largest absolute Gasteiger partial charge is 0.497 e. The molecular formula is C22H25N5O2. The van der Waals surface area contributed by atoms with Gasteiger partial charge in [0.15, 0.2) is 0 Å². The van der Waals surface area contributed by atoms with Crippen molar-refractivity contribution in [2.24, 2.45) is 0 Å². The molecule has 7 heteroatoms. The number of rotatable bonds is 5. The van der Waals surface area contributed by atoms with Gasteiger partial charge in [-0.25, -0.2) is 9.67 Å². The van der Waals surface area contributed by atoms with E-state index in [9.17, 15) is 4.79 Å². The first-order valence-corrected chi connectivity index (χ1v) is 10.1. The maximum atomic E-state index is 12.6. The van der Waals surface area contributed by atoms with E-state index < -0.39 is 0 Å². The number of H-pyrrole nitrogens is 1. The van der Waals surface area contributed by atoms with Crippen LogP contribution in [0.5, 0.6) is 5.75 Å². The Kier molecular flexibility index (Phi) is 4.47. The molecule has 0 unspecified atom stereocenters. The molecule has 3 heterocycles. The highest BCUT2D eigenvalue weighted by Crippen LogP contribution is 2.37. The number of nitrogens with zero attached hydrogens (tertiary/aromatic N) is 4. The Balaban J connectivity index is 1.34. The highest BCUT2D eigenvalue weighted by atomic mass is 16.5. The van der Waals surface area contributed by atoms with Gasteiger partial charge in [-0.1, -0.05) is 0 Å². The Hall–Kier alpha value is -2.93. The molecule has 1 saturated carbocycles. The van der Waals surface area contributed by atoms with Crippen molar-refractivity contribution in [1.82, 2.24) is 24.6 Å². The predicted molar refractivity (Wildman–Crippen MR) is 110 cm³/mol. The molecule has 2 aliphatic rings. The van der Waals surface area contributed by atoms with E-state index in [4.69, 9.17) is 9.72 Å². The molecule has 1 aromatic carbocycles. The van der Waals surface area contributed by atoms with E-state index >= 15 is 0 Å². The summed E-state index contributed by atoms with van der Waals surface area (Å²) in [6.07, 6.45) is 5.04. The zero-order chi connectivity index (χ0) is 20.0. The van der Waals surface area contributed by atoms with Crippen LogP contribution in [0.1, 0.15) is 47.1 Å². The molecule has 0 saturated heterocycles. The molecule has 0 amide bonds. The van der Waals surface area contributed by atoms with E-state index in [1.165, 1.54) is 5.56 Å². The number of methoxy groups -OCH3 is 1. The second kappa shape index (κ2) is 7.15. The molecule has 150 valence electrons. The number of hydrogen-bond acceptors (Lipinski definition) is 5. The summed E-state index contributed by atoms with van der Waals surface area (Å²) in [6.45, 7) is 4.39. The molecule has 1 aliphatic carbocycles. The highest BCUT2D eigenvalue weighted by Gasteiger charge is 2.29. The van der Waals surface area contributed by atoms with Crippen LogP contribution >= 0.6 is 0 Å². The van der Waals surface area contributed by atoms with Crippen LogP contribution in [0.4, 0.5) is 0 Å². The van der Waals surface area contributed by atoms with Crippen LogP contribution in [0.25, 0.3) is 5.69 Å². The zero-order valence-electron chi connectivity index (χ0n) is 16.8. The fourth-order valence-electron chi connectivity index (χ4n) is 4.01. The van der Waals surface area contributed by atoms with E-state index in [0.717, 1.165) is 66.6 Å². The summed E-state index contributed by atoms with van der Waals surface area (Å²) in [5, 5.41) is 4.58. The molecule has 5 rings (SSSR count). The van der Waals surface area contributed by atoms with Gasteiger partial charge in [0.05, 0.1) is 30.3 Å². The lowest BCUT2D eigenvalue weighted by Crippen LogP contribution is -2.35. The van der Waals surface area contributed by atoms with E-state index in [1.807, 2.05) is 35.1 Å². The SMILES string of the molecule is COc1ccc(-n2ncc(CN3CCc4nc(C5CC5)[nH]c(=O)c4C3)c2C)cc1. The van der Waals surface area contributed by atoms with Crippen molar-refractivity contribution in [2.45, 2.75) is 45.2 Å². The summed E-state index contributed by atoms with van der Waals surface area (Å²) in [5.41, 5.74) is 5.12. The van der Waals surface area contributed by atoms with Crippen molar-refractivity contribution in [3.63, 3.8) is 0 Å². The molecule has 0 radical (unpaired) electrons. The number of aromatic amines is 1. The van der Waals surface area contributed by atoms with Gasteiger partial charge in [0, 0.05) is 43.2 Å². The number of nitrogens with one attached hydrogen (secondary N) is 1. The Morgan fingerprint density at radius 3 is 2.76 bits per heavy atom. The quantitative estimate of drug-likeness (QED) is 0.724. The van der Waals surface area contributed by atoms with Gasteiger partial charge in [-0.3, -0.25) is 9.69 Å². The number of fused-ring (bicyclic) bond motifs is 1. The Morgan fingerprint density at radius 2 is 2.03 bits per heavy atom. The monoisotopic (exact) mass is 391 g/mol. The highest BCUT2D eigenvalue weighted by molar-refractivity contribution is 5.39. The lowest BCUT2D eigenvalue weighted by Gasteiger charge is -2.27. The fraction of sp³-hybridized carbons (Fsp3) is 0.409. The Bertz CT molecular complexity index is 1100. The van der Waals surface area contributed by atoms with E-state index in [0.29, 0.717) is 12.5 Å². The average Bonchev–Trinajstić information content (AvgIpc) is 3.53. The van der Waals surface area contributed by atoms with Crippen molar-refractivity contribution in [2.75, 3.05) is 13.7 Å². The van der Waals surface area contributed by atoms with Gasteiger partial charge in [0.2, 0.25) is 0 Å². The van der Waals surface area contributed by atoms with Gasteiger partial charge in [0.1, 0.15) is 11.6 Å². The second-order valence-electron chi connectivity index (χ2n) is 7.98. The molecule has 0 atom stereocenters. The van der Waals surface area contributed by atoms with Crippen molar-refractivity contribution in [3.05, 3.63) is 69.2 Å². The lowest BCUT2D eigenvalue weighted by atomic mass is 10.1. The predicted octanol–water partition coefficient (Wildman–Crippen LogP) is 2.71. The maximum absolute atomic E-state index is 12.6. The van der Waals surface area contributed by atoms with Crippen LogP contribution in [0.2, 0.25) is 0 Å². The smallest absolute Gasteiger partial charge is 0.255 e. The molecule has 3 aromatic rings. The molecule has 1 N–H and O–H groups in total. The molecule has 0 bridgehead atoms. The fourth-order valence-corrected chi connectivity index (χ4v) is 4.01. The number of hydrogen-bond donors (Lipinski definition) is 1. The first-order chi connectivity index (χ1) is 14.1. The maximum Gasteiger partial charge on any atom is 0.255 e. The average molecular weight is 391 g/mol. The van der Waals surface area contributed by atoms with Crippen LogP contribution in [0, 0.1) is 6.92 Å². The van der Waals surface area contributed by atoms with E-state index in [-0.39, 0.29) is 5.56 Å². The normalized spacial score (nSPS) is 16.6. The van der Waals surface area contributed by atoms with Gasteiger partial charge in [0.25, 0.3) is 5.56 Å². The van der Waals surface area contributed by atoms with Crippen molar-refractivity contribution < 1.29 is 4.74 Å². The van der Waals surface area contributed by atoms with Gasteiger partial charge < -0.3 is 9.72 Å². The molecule has 2 aromatic heterocycles. The topological polar surface area (TPSA) is 76.0 Å². The first kappa shape index (κ1) is 18.1. The molecular weight excluding hydrogens is 366 g/mol. The molecule has 0 spiro atoms. The van der Waals surface area contributed by atoms with Crippen LogP contribution in [-0.2, 0) is 19.5 Å². The minimum absolute atomic E-state index is 0.0345. The summed E-state index contributed by atoms with van der Waals surface area (Å²) in [5.74, 6) is 2.19. The lowest BCUT2D eigenvalue weighted by molar-refractivity contribution is 0.241. The second-order valence-corrected chi connectivity index (χ2v) is 7.98. The van der Waals surface area contributed by atoms with E-state index in [1.54, 1.807) is 7.11 Å². The Morgan fingerprint density at radius 1 is 1.24 bits per heavy atom. The summed E-state index contributed by atoms with van der Waals surface area (Å²) < 4.78 is 7.18. The summed E-state index contributed by atoms with van der Waals surface area (Å²) in [4.78, 5) is 22.6. The Labute approximate surface area is 169 Å². The standard InChI is InChI=1S/C22H25N5O2/c1-14-16(11-23-27(14)17-5-7-18(29-2)8-6-17)12-26-10-9-20-19(13-26)22(28)25-21(24-20)15-3-4-15/h5-8,11,15H,3-4,9-10,12-13H2,1-2H3,(H,24,25,28). The van der Waals surface area contributed by atoms with Gasteiger partial charge in [-0.05, 0) is 44.0 Å². The third-order valence-corrected chi connectivity index (χ3v) is 5.95. The minimum atomic E-state index is 0.0345. The first-order valence-electron chi connectivity index (χ1n) is 10.1. The molecule has 29 heavy (non-hydrogen) atoms. The van der Waals surface area contributed by atoms with Gasteiger partial charge in [-0.15, -0.1) is 0 Å². The van der Waals surface area contributed by atoms with E-state index in [2.05, 4.69) is 21.9 Å². The molecule has 7 nitrogen and oxygen atoms in total. The van der Waals surface area contributed by atoms with Crippen molar-refractivity contribution in [3.8, 4) is 11.4 Å². The number of benzene rings is 1. The van der Waals surface area contributed by atoms with Crippen LogP contribution in [0.15, 0.2) is 35.3 Å². The van der Waals surface area contributed by atoms with Crippen molar-refractivity contribution in [1.29, 1.82) is 0 Å². The molecule has 1 fully saturated rings. The number of ether oxygens (including phenoxy) is 1. The van der Waals surface area contributed by atoms with Crippen LogP contribution in [-0.4, -0.2) is 38.3 Å². The minimum Gasteiger partial charge on any atom is -0.497 e. The number of aromatic nitrogens is 4. The van der Waals surface area contributed by atoms with Crippen LogP contribution < -0.4 is 10.3 Å². The third-order valence-electron chi connectivity index (χ3n) is 5.95. The third kappa shape index (κ3) is 3.46. The zero-order valence-corrected chi connectivity index (χ0v) is 16.8. The van der Waals surface area contributed by atoms with Gasteiger partial charge in [-0.2, -0.15) is 5.10 Å². The van der Waals surface area contributed by atoms with Gasteiger partial charge >= 0.3 is 0 Å².